The fraction of sp³-hybridized carbons (Fsp3) is 0.333. The summed E-state index contributed by atoms with van der Waals surface area (Å²) in [6, 6.07) is 3.85. The second kappa shape index (κ2) is 6.35. The van der Waals surface area contributed by atoms with Gasteiger partial charge in [-0.3, -0.25) is 9.59 Å². The zero-order valence-corrected chi connectivity index (χ0v) is 10.8. The van der Waals surface area contributed by atoms with Crippen LogP contribution in [0.2, 0.25) is 5.02 Å². The van der Waals surface area contributed by atoms with E-state index in [0.29, 0.717) is 5.69 Å². The SMILES string of the molecule is CC(C)C(=O)NCC(=O)Nc1ccc(F)c(Cl)c1. The molecule has 0 unspecified atom stereocenters. The highest BCUT2D eigenvalue weighted by Crippen LogP contribution is 2.19. The van der Waals surface area contributed by atoms with Gasteiger partial charge in [0.15, 0.2) is 0 Å². The standard InChI is InChI=1S/C12H14ClFN2O2/c1-7(2)12(18)15-6-11(17)16-8-3-4-10(14)9(13)5-8/h3-5,7H,6H2,1-2H3,(H,15,18)(H,16,17). The summed E-state index contributed by atoms with van der Waals surface area (Å²) in [6.45, 7) is 3.33. The third-order valence-electron chi connectivity index (χ3n) is 2.15. The van der Waals surface area contributed by atoms with Crippen LogP contribution in [0.25, 0.3) is 0 Å². The van der Waals surface area contributed by atoms with E-state index in [2.05, 4.69) is 10.6 Å². The summed E-state index contributed by atoms with van der Waals surface area (Å²) < 4.78 is 12.9. The minimum atomic E-state index is -0.553. The number of rotatable bonds is 4. The number of hydrogen-bond donors (Lipinski definition) is 2. The van der Waals surface area contributed by atoms with E-state index in [1.165, 1.54) is 12.1 Å². The van der Waals surface area contributed by atoms with Crippen molar-refractivity contribution in [3.05, 3.63) is 29.0 Å². The number of anilines is 1. The predicted molar refractivity (Wildman–Crippen MR) is 67.9 cm³/mol. The summed E-state index contributed by atoms with van der Waals surface area (Å²) in [5, 5.41) is 4.90. The molecule has 0 saturated heterocycles. The average Bonchev–Trinajstić information content (AvgIpc) is 2.30. The highest BCUT2D eigenvalue weighted by Gasteiger charge is 2.09. The first-order valence-corrected chi connectivity index (χ1v) is 5.80. The molecule has 0 bridgehead atoms. The van der Waals surface area contributed by atoms with Crippen LogP contribution in [0, 0.1) is 11.7 Å². The Morgan fingerprint density at radius 2 is 2.06 bits per heavy atom. The van der Waals surface area contributed by atoms with Crippen LogP contribution in [-0.4, -0.2) is 18.4 Å². The molecule has 0 aliphatic heterocycles. The first-order valence-electron chi connectivity index (χ1n) is 5.42. The van der Waals surface area contributed by atoms with Gasteiger partial charge < -0.3 is 10.6 Å². The van der Waals surface area contributed by atoms with Crippen molar-refractivity contribution in [3.8, 4) is 0 Å². The van der Waals surface area contributed by atoms with Crippen LogP contribution in [-0.2, 0) is 9.59 Å². The smallest absolute Gasteiger partial charge is 0.243 e. The molecule has 0 aliphatic rings. The van der Waals surface area contributed by atoms with Crippen molar-refractivity contribution in [2.24, 2.45) is 5.92 Å². The maximum absolute atomic E-state index is 12.9. The second-order valence-electron chi connectivity index (χ2n) is 4.05. The Hall–Kier alpha value is -1.62. The second-order valence-corrected chi connectivity index (χ2v) is 4.46. The van der Waals surface area contributed by atoms with Crippen LogP contribution in [0.1, 0.15) is 13.8 Å². The maximum Gasteiger partial charge on any atom is 0.243 e. The van der Waals surface area contributed by atoms with Crippen molar-refractivity contribution in [1.29, 1.82) is 0 Å². The van der Waals surface area contributed by atoms with E-state index in [1.54, 1.807) is 13.8 Å². The van der Waals surface area contributed by atoms with Gasteiger partial charge in [0.2, 0.25) is 11.8 Å². The fourth-order valence-corrected chi connectivity index (χ4v) is 1.33. The lowest BCUT2D eigenvalue weighted by molar-refractivity contribution is -0.126. The molecule has 1 aromatic rings. The van der Waals surface area contributed by atoms with Crippen molar-refractivity contribution >= 4 is 29.1 Å². The van der Waals surface area contributed by atoms with E-state index in [0.717, 1.165) is 6.07 Å². The van der Waals surface area contributed by atoms with Crippen molar-refractivity contribution in [1.82, 2.24) is 5.32 Å². The monoisotopic (exact) mass is 272 g/mol. The molecule has 0 atom stereocenters. The number of halogens is 2. The van der Waals surface area contributed by atoms with Gasteiger partial charge in [-0.15, -0.1) is 0 Å². The molecule has 0 saturated carbocycles. The molecule has 0 aromatic heterocycles. The average molecular weight is 273 g/mol. The molecule has 0 radical (unpaired) electrons. The van der Waals surface area contributed by atoms with E-state index >= 15 is 0 Å². The quantitative estimate of drug-likeness (QED) is 0.883. The Morgan fingerprint density at radius 3 is 2.61 bits per heavy atom. The molecular formula is C12H14ClFN2O2. The van der Waals surface area contributed by atoms with Crippen LogP contribution >= 0.6 is 11.6 Å². The molecule has 1 aromatic carbocycles. The van der Waals surface area contributed by atoms with Gasteiger partial charge >= 0.3 is 0 Å². The molecule has 2 N–H and O–H groups in total. The van der Waals surface area contributed by atoms with Crippen LogP contribution in [0.3, 0.4) is 0 Å². The van der Waals surface area contributed by atoms with E-state index in [-0.39, 0.29) is 23.4 Å². The van der Waals surface area contributed by atoms with E-state index in [9.17, 15) is 14.0 Å². The summed E-state index contributed by atoms with van der Waals surface area (Å²) in [5.74, 6) is -1.34. The molecule has 0 fully saturated rings. The Labute approximate surface area is 110 Å². The third kappa shape index (κ3) is 4.33. The Bertz CT molecular complexity index is 463. The summed E-state index contributed by atoms with van der Waals surface area (Å²) in [7, 11) is 0. The van der Waals surface area contributed by atoms with E-state index in [1.807, 2.05) is 0 Å². The minimum Gasteiger partial charge on any atom is -0.347 e. The van der Waals surface area contributed by atoms with Gasteiger partial charge in [0.1, 0.15) is 5.82 Å². The van der Waals surface area contributed by atoms with E-state index < -0.39 is 11.7 Å². The molecule has 0 heterocycles. The largest absolute Gasteiger partial charge is 0.347 e. The molecule has 18 heavy (non-hydrogen) atoms. The number of carbonyl (C=O) groups is 2. The normalized spacial score (nSPS) is 10.3. The lowest BCUT2D eigenvalue weighted by atomic mass is 10.2. The summed E-state index contributed by atoms with van der Waals surface area (Å²) in [4.78, 5) is 22.7. The summed E-state index contributed by atoms with van der Waals surface area (Å²) in [6.07, 6.45) is 0. The zero-order valence-electron chi connectivity index (χ0n) is 10.1. The Morgan fingerprint density at radius 1 is 1.39 bits per heavy atom. The zero-order chi connectivity index (χ0) is 13.7. The predicted octanol–water partition coefficient (Wildman–Crippen LogP) is 2.19. The Balaban J connectivity index is 2.49. The van der Waals surface area contributed by atoms with Gasteiger partial charge in [0, 0.05) is 11.6 Å². The van der Waals surface area contributed by atoms with Gasteiger partial charge in [-0.2, -0.15) is 0 Å². The number of hydrogen-bond acceptors (Lipinski definition) is 2. The minimum absolute atomic E-state index is 0.0704. The van der Waals surface area contributed by atoms with Gasteiger partial charge in [-0.1, -0.05) is 25.4 Å². The Kier molecular flexibility index (Phi) is 5.09. The van der Waals surface area contributed by atoms with E-state index in [4.69, 9.17) is 11.6 Å². The molecule has 6 heteroatoms. The van der Waals surface area contributed by atoms with Gasteiger partial charge in [0.25, 0.3) is 0 Å². The molecule has 98 valence electrons. The number of nitrogens with one attached hydrogen (secondary N) is 2. The third-order valence-corrected chi connectivity index (χ3v) is 2.44. The van der Waals surface area contributed by atoms with Crippen molar-refractivity contribution in [2.75, 3.05) is 11.9 Å². The molecular weight excluding hydrogens is 259 g/mol. The summed E-state index contributed by atoms with van der Waals surface area (Å²) >= 11 is 5.57. The van der Waals surface area contributed by atoms with Crippen molar-refractivity contribution in [3.63, 3.8) is 0 Å². The summed E-state index contributed by atoms with van der Waals surface area (Å²) in [5.41, 5.74) is 0.380. The van der Waals surface area contributed by atoms with Gasteiger partial charge in [-0.05, 0) is 18.2 Å². The molecule has 0 aliphatic carbocycles. The molecule has 0 spiro atoms. The highest BCUT2D eigenvalue weighted by atomic mass is 35.5. The van der Waals surface area contributed by atoms with Crippen LogP contribution < -0.4 is 10.6 Å². The van der Waals surface area contributed by atoms with Crippen molar-refractivity contribution in [2.45, 2.75) is 13.8 Å². The topological polar surface area (TPSA) is 58.2 Å². The number of benzene rings is 1. The lowest BCUT2D eigenvalue weighted by Crippen LogP contribution is -2.35. The fourth-order valence-electron chi connectivity index (χ4n) is 1.15. The van der Waals surface area contributed by atoms with Gasteiger partial charge in [0.05, 0.1) is 11.6 Å². The highest BCUT2D eigenvalue weighted by molar-refractivity contribution is 6.31. The van der Waals surface area contributed by atoms with Crippen LogP contribution in [0.5, 0.6) is 0 Å². The number of amides is 2. The van der Waals surface area contributed by atoms with Gasteiger partial charge in [-0.25, -0.2) is 4.39 Å². The van der Waals surface area contributed by atoms with Crippen LogP contribution in [0.15, 0.2) is 18.2 Å². The molecule has 4 nitrogen and oxygen atoms in total. The lowest BCUT2D eigenvalue weighted by Gasteiger charge is -2.08. The number of carbonyl (C=O) groups excluding carboxylic acids is 2. The first kappa shape index (κ1) is 14.4. The first-order chi connectivity index (χ1) is 8.40. The molecule has 1 rings (SSSR count). The molecule has 2 amide bonds. The van der Waals surface area contributed by atoms with Crippen molar-refractivity contribution < 1.29 is 14.0 Å². The van der Waals surface area contributed by atoms with Crippen LogP contribution in [0.4, 0.5) is 10.1 Å². The maximum atomic E-state index is 12.9.